The van der Waals surface area contributed by atoms with Gasteiger partial charge in [0, 0.05) is 11.5 Å². The number of nitrogens with zero attached hydrogens (tertiary/aromatic N) is 1. The lowest BCUT2D eigenvalue weighted by Gasteiger charge is -2.22. The molecule has 1 aliphatic carbocycles. The van der Waals surface area contributed by atoms with Gasteiger partial charge in [0.15, 0.2) is 6.20 Å². The van der Waals surface area contributed by atoms with Crippen molar-refractivity contribution in [3.05, 3.63) is 89.1 Å². The summed E-state index contributed by atoms with van der Waals surface area (Å²) in [5.41, 5.74) is 11.1. The first-order chi connectivity index (χ1) is 15.4. The second-order valence-electron chi connectivity index (χ2n) is 10.0. The van der Waals surface area contributed by atoms with Gasteiger partial charge in [-0.15, -0.1) is 0 Å². The fourth-order valence-electron chi connectivity index (χ4n) is 5.85. The Kier molecular flexibility index (Phi) is 4.97. The molecule has 0 atom stereocenters. The lowest BCUT2D eigenvalue weighted by Crippen LogP contribution is -2.31. The summed E-state index contributed by atoms with van der Waals surface area (Å²) in [6.07, 6.45) is 4.60. The molecular weight excluding hydrogens is 386 g/mol. The minimum atomic E-state index is 0.0141. The van der Waals surface area contributed by atoms with Crippen LogP contribution < -0.4 is 4.57 Å². The highest BCUT2D eigenvalue weighted by Gasteiger charge is 2.36. The predicted octanol–water partition coefficient (Wildman–Crippen LogP) is 7.85. The Morgan fingerprint density at radius 2 is 1.56 bits per heavy atom. The van der Waals surface area contributed by atoms with Crippen LogP contribution in [0.4, 0.5) is 0 Å². The number of hydrogen-bond acceptors (Lipinski definition) is 0. The summed E-state index contributed by atoms with van der Waals surface area (Å²) in [6.45, 7) is 11.6. The highest BCUT2D eigenvalue weighted by Crippen LogP contribution is 2.50. The number of hydrogen-bond donors (Lipinski definition) is 0. The Hall–Kier alpha value is -2.93. The third kappa shape index (κ3) is 3.02. The van der Waals surface area contributed by atoms with Crippen LogP contribution in [0.3, 0.4) is 0 Å². The molecular formula is C31H34N+. The number of pyridine rings is 1. The first-order valence-corrected chi connectivity index (χ1v) is 12.0. The van der Waals surface area contributed by atoms with Crippen molar-refractivity contribution in [3.63, 3.8) is 0 Å². The van der Waals surface area contributed by atoms with Gasteiger partial charge in [0.2, 0.25) is 5.69 Å². The van der Waals surface area contributed by atoms with E-state index in [9.17, 15) is 0 Å². The largest absolute Gasteiger partial charge is 0.220 e. The Labute approximate surface area is 192 Å². The smallest absolute Gasteiger partial charge is 0.200 e. The molecule has 0 saturated carbocycles. The van der Waals surface area contributed by atoms with Crippen LogP contribution in [0.5, 0.6) is 0 Å². The van der Waals surface area contributed by atoms with Crippen molar-refractivity contribution >= 4 is 10.8 Å². The molecule has 32 heavy (non-hydrogen) atoms. The summed E-state index contributed by atoms with van der Waals surface area (Å²) in [5.74, 6) is 0.637. The lowest BCUT2D eigenvalue weighted by atomic mass is 9.81. The molecule has 1 aliphatic rings. The maximum Gasteiger partial charge on any atom is 0.220 e. The second-order valence-corrected chi connectivity index (χ2v) is 10.0. The molecule has 1 heterocycles. The zero-order valence-electron chi connectivity index (χ0n) is 20.3. The first kappa shape index (κ1) is 20.9. The van der Waals surface area contributed by atoms with Gasteiger partial charge >= 0.3 is 0 Å². The van der Waals surface area contributed by atoms with E-state index in [0.29, 0.717) is 5.92 Å². The van der Waals surface area contributed by atoms with Crippen molar-refractivity contribution in [1.29, 1.82) is 0 Å². The van der Waals surface area contributed by atoms with Crippen molar-refractivity contribution in [2.24, 2.45) is 7.05 Å². The van der Waals surface area contributed by atoms with E-state index in [1.54, 1.807) is 0 Å². The molecule has 0 saturated heterocycles. The van der Waals surface area contributed by atoms with E-state index in [2.05, 4.69) is 113 Å². The molecule has 1 aromatic heterocycles. The molecule has 0 spiro atoms. The van der Waals surface area contributed by atoms with Gasteiger partial charge in [0.25, 0.3) is 0 Å². The average Bonchev–Trinajstić information content (AvgIpc) is 3.01. The Morgan fingerprint density at radius 1 is 0.812 bits per heavy atom. The van der Waals surface area contributed by atoms with Gasteiger partial charge in [-0.3, -0.25) is 0 Å². The molecule has 0 N–H and O–H groups in total. The van der Waals surface area contributed by atoms with Crippen LogP contribution >= 0.6 is 0 Å². The highest BCUT2D eigenvalue weighted by atomic mass is 14.9. The summed E-state index contributed by atoms with van der Waals surface area (Å²) < 4.78 is 2.29. The third-order valence-electron chi connectivity index (χ3n) is 7.80. The molecule has 0 radical (unpaired) electrons. The summed E-state index contributed by atoms with van der Waals surface area (Å²) in [5, 5.41) is 2.67. The lowest BCUT2D eigenvalue weighted by molar-refractivity contribution is -0.659. The number of benzene rings is 3. The van der Waals surface area contributed by atoms with Gasteiger partial charge < -0.3 is 0 Å². The molecule has 1 nitrogen and oxygen atoms in total. The van der Waals surface area contributed by atoms with Crippen molar-refractivity contribution in [2.45, 2.75) is 58.8 Å². The van der Waals surface area contributed by atoms with Crippen molar-refractivity contribution in [1.82, 2.24) is 0 Å². The summed E-state index contributed by atoms with van der Waals surface area (Å²) in [6, 6.07) is 23.2. The second kappa shape index (κ2) is 7.59. The Balaban J connectivity index is 1.74. The van der Waals surface area contributed by atoms with E-state index in [-0.39, 0.29) is 5.41 Å². The fraction of sp³-hybridized carbons (Fsp3) is 0.323. The Bertz CT molecular complexity index is 1340. The molecule has 1 heteroatoms. The number of rotatable bonds is 4. The summed E-state index contributed by atoms with van der Waals surface area (Å²) >= 11 is 0. The Morgan fingerprint density at radius 3 is 2.31 bits per heavy atom. The SMILES string of the molecule is CCC(CC)c1ccc2c(-c3cc4c(cc3C)-c3ccccc3C4(C)C)[n+](C)ccc2c1. The van der Waals surface area contributed by atoms with Gasteiger partial charge in [-0.2, -0.15) is 0 Å². The molecule has 4 aromatic rings. The van der Waals surface area contributed by atoms with Gasteiger partial charge in [-0.1, -0.05) is 70.2 Å². The van der Waals surface area contributed by atoms with Gasteiger partial charge in [0.1, 0.15) is 7.05 Å². The number of aryl methyl sites for hydroxylation is 2. The van der Waals surface area contributed by atoms with Crippen molar-refractivity contribution in [2.75, 3.05) is 0 Å². The van der Waals surface area contributed by atoms with Crippen LogP contribution in [0.2, 0.25) is 0 Å². The zero-order chi connectivity index (χ0) is 22.6. The normalized spacial score (nSPS) is 14.1. The maximum absolute atomic E-state index is 2.47. The van der Waals surface area contributed by atoms with E-state index in [1.807, 2.05) is 0 Å². The monoisotopic (exact) mass is 420 g/mol. The molecule has 0 bridgehead atoms. The van der Waals surface area contributed by atoms with E-state index in [1.165, 1.54) is 68.3 Å². The topological polar surface area (TPSA) is 3.88 Å². The minimum absolute atomic E-state index is 0.0141. The third-order valence-corrected chi connectivity index (χ3v) is 7.80. The van der Waals surface area contributed by atoms with Crippen molar-refractivity contribution in [3.8, 4) is 22.4 Å². The molecule has 0 fully saturated rings. The van der Waals surface area contributed by atoms with Crippen LogP contribution in [0.15, 0.2) is 66.9 Å². The molecule has 3 aromatic carbocycles. The van der Waals surface area contributed by atoms with E-state index in [0.717, 1.165) is 0 Å². The number of fused-ring (bicyclic) bond motifs is 4. The quantitative estimate of drug-likeness (QED) is 0.296. The maximum atomic E-state index is 2.47. The minimum Gasteiger partial charge on any atom is -0.200 e. The van der Waals surface area contributed by atoms with E-state index in [4.69, 9.17) is 0 Å². The molecule has 0 unspecified atom stereocenters. The van der Waals surface area contributed by atoms with Gasteiger partial charge in [-0.25, -0.2) is 4.57 Å². The molecule has 0 amide bonds. The van der Waals surface area contributed by atoms with Crippen LogP contribution in [-0.4, -0.2) is 0 Å². The summed E-state index contributed by atoms with van der Waals surface area (Å²) in [4.78, 5) is 0. The predicted molar refractivity (Wildman–Crippen MR) is 136 cm³/mol. The van der Waals surface area contributed by atoms with Crippen LogP contribution in [0, 0.1) is 6.92 Å². The van der Waals surface area contributed by atoms with Gasteiger partial charge in [-0.05, 0) is 76.6 Å². The molecule has 5 rings (SSSR count). The van der Waals surface area contributed by atoms with Crippen molar-refractivity contribution < 1.29 is 4.57 Å². The molecule has 162 valence electrons. The first-order valence-electron chi connectivity index (χ1n) is 12.0. The number of aromatic nitrogens is 1. The fourth-order valence-corrected chi connectivity index (χ4v) is 5.85. The standard InChI is InChI=1S/C31H34N/c1-7-21(8-2)22-13-14-24-23(18-22)15-16-32(6)30(24)26-19-29-27(17-20(26)3)25-11-9-10-12-28(25)31(29,4)5/h9-19,21H,7-8H2,1-6H3/q+1. The van der Waals surface area contributed by atoms with Crippen LogP contribution in [0.1, 0.15) is 68.7 Å². The average molecular weight is 421 g/mol. The van der Waals surface area contributed by atoms with E-state index < -0.39 is 0 Å². The van der Waals surface area contributed by atoms with Gasteiger partial charge in [0.05, 0.1) is 10.9 Å². The summed E-state index contributed by atoms with van der Waals surface area (Å²) in [7, 11) is 2.18. The van der Waals surface area contributed by atoms with Crippen LogP contribution in [0.25, 0.3) is 33.2 Å². The zero-order valence-corrected chi connectivity index (χ0v) is 20.3. The highest BCUT2D eigenvalue weighted by molar-refractivity contribution is 5.95. The van der Waals surface area contributed by atoms with E-state index >= 15 is 0 Å². The molecule has 0 aliphatic heterocycles. The van der Waals surface area contributed by atoms with Crippen LogP contribution in [-0.2, 0) is 12.5 Å².